The molecule has 17 heavy (non-hydrogen) atoms. The Labute approximate surface area is 109 Å². The first-order chi connectivity index (χ1) is 8.28. The van der Waals surface area contributed by atoms with Crippen LogP contribution in [0.3, 0.4) is 0 Å². The molecule has 0 aliphatic carbocycles. The van der Waals surface area contributed by atoms with Crippen molar-refractivity contribution in [2.45, 2.75) is 13.2 Å². The van der Waals surface area contributed by atoms with Crippen LogP contribution in [0.4, 0.5) is 0 Å². The zero-order valence-corrected chi connectivity index (χ0v) is 10.9. The van der Waals surface area contributed by atoms with Gasteiger partial charge in [0.25, 0.3) is 0 Å². The molecule has 0 spiro atoms. The van der Waals surface area contributed by atoms with Gasteiger partial charge in [-0.2, -0.15) is 0 Å². The molecule has 1 heterocycles. The number of nitrogens with two attached hydrogens (primary N) is 1. The van der Waals surface area contributed by atoms with Crippen LogP contribution in [0.25, 0.3) is 0 Å². The summed E-state index contributed by atoms with van der Waals surface area (Å²) < 4.78 is 6.64. The van der Waals surface area contributed by atoms with Gasteiger partial charge >= 0.3 is 0 Å². The van der Waals surface area contributed by atoms with Crippen molar-refractivity contribution in [3.63, 3.8) is 0 Å². The molecule has 2 rings (SSSR count). The van der Waals surface area contributed by atoms with E-state index in [0.29, 0.717) is 13.2 Å². The molecule has 0 saturated heterocycles. The number of nitrogens with zero attached hydrogens (tertiary/aromatic N) is 1. The highest BCUT2D eigenvalue weighted by molar-refractivity contribution is 9.10. The van der Waals surface area contributed by atoms with Crippen molar-refractivity contribution in [2.75, 3.05) is 0 Å². The molecule has 4 heteroatoms. The quantitative estimate of drug-likeness (QED) is 0.943. The highest BCUT2D eigenvalue weighted by Gasteiger charge is 1.99. The van der Waals surface area contributed by atoms with Gasteiger partial charge in [-0.05, 0) is 30.3 Å². The zero-order chi connectivity index (χ0) is 12.1. The first-order valence-corrected chi connectivity index (χ1v) is 6.10. The van der Waals surface area contributed by atoms with Crippen LogP contribution in [0.2, 0.25) is 0 Å². The summed E-state index contributed by atoms with van der Waals surface area (Å²) in [4.78, 5) is 4.37. The number of pyridine rings is 1. The second kappa shape index (κ2) is 5.80. The van der Waals surface area contributed by atoms with Crippen LogP contribution < -0.4 is 10.5 Å². The maximum Gasteiger partial charge on any atom is 0.130 e. The second-order valence-corrected chi connectivity index (χ2v) is 4.49. The second-order valence-electron chi connectivity index (χ2n) is 3.57. The van der Waals surface area contributed by atoms with Crippen LogP contribution in [-0.2, 0) is 13.2 Å². The third-order valence-electron chi connectivity index (χ3n) is 2.26. The van der Waals surface area contributed by atoms with Gasteiger partial charge in [-0.1, -0.05) is 28.1 Å². The van der Waals surface area contributed by atoms with E-state index in [-0.39, 0.29) is 0 Å². The zero-order valence-electron chi connectivity index (χ0n) is 9.27. The minimum atomic E-state index is 0.449. The average molecular weight is 293 g/mol. The number of ether oxygens (including phenoxy) is 1. The standard InChI is InChI=1S/C13H13BrN2O/c14-10-3-1-6-13(7-10)17-9-12-5-2-4-11(8-15)16-12/h1-7H,8-9,15H2. The molecule has 0 amide bonds. The molecule has 1 aromatic carbocycles. The predicted molar refractivity (Wildman–Crippen MR) is 70.6 cm³/mol. The maximum absolute atomic E-state index is 5.64. The van der Waals surface area contributed by atoms with Gasteiger partial charge in [-0.15, -0.1) is 0 Å². The van der Waals surface area contributed by atoms with E-state index < -0.39 is 0 Å². The Morgan fingerprint density at radius 2 is 1.88 bits per heavy atom. The van der Waals surface area contributed by atoms with Crippen molar-refractivity contribution in [2.24, 2.45) is 5.73 Å². The van der Waals surface area contributed by atoms with Crippen molar-refractivity contribution in [3.8, 4) is 5.75 Å². The SMILES string of the molecule is NCc1cccc(COc2cccc(Br)c2)n1. The Morgan fingerprint density at radius 1 is 1.12 bits per heavy atom. The van der Waals surface area contributed by atoms with Crippen molar-refractivity contribution in [3.05, 3.63) is 58.3 Å². The van der Waals surface area contributed by atoms with E-state index >= 15 is 0 Å². The van der Waals surface area contributed by atoms with Crippen LogP contribution in [0.15, 0.2) is 46.9 Å². The molecule has 1 aromatic heterocycles. The lowest BCUT2D eigenvalue weighted by Crippen LogP contribution is -2.04. The molecular formula is C13H13BrN2O. The highest BCUT2D eigenvalue weighted by Crippen LogP contribution is 2.18. The van der Waals surface area contributed by atoms with Gasteiger partial charge in [-0.25, -0.2) is 0 Å². The van der Waals surface area contributed by atoms with E-state index in [1.165, 1.54) is 0 Å². The highest BCUT2D eigenvalue weighted by atomic mass is 79.9. The monoisotopic (exact) mass is 292 g/mol. The van der Waals surface area contributed by atoms with E-state index in [0.717, 1.165) is 21.6 Å². The van der Waals surface area contributed by atoms with Crippen LogP contribution in [0, 0.1) is 0 Å². The number of halogens is 1. The molecule has 3 nitrogen and oxygen atoms in total. The molecule has 0 atom stereocenters. The molecule has 0 bridgehead atoms. The largest absolute Gasteiger partial charge is 0.487 e. The Bertz CT molecular complexity index is 502. The fourth-order valence-electron chi connectivity index (χ4n) is 1.44. The minimum Gasteiger partial charge on any atom is -0.487 e. The number of aromatic nitrogens is 1. The van der Waals surface area contributed by atoms with Crippen LogP contribution in [-0.4, -0.2) is 4.98 Å². The van der Waals surface area contributed by atoms with Gasteiger partial charge in [0.15, 0.2) is 0 Å². The summed E-state index contributed by atoms with van der Waals surface area (Å²) in [5.74, 6) is 0.819. The van der Waals surface area contributed by atoms with Gasteiger partial charge in [0.2, 0.25) is 0 Å². The van der Waals surface area contributed by atoms with Crippen molar-refractivity contribution in [1.29, 1.82) is 0 Å². The molecule has 2 aromatic rings. The van der Waals surface area contributed by atoms with Gasteiger partial charge in [0.1, 0.15) is 12.4 Å². The van der Waals surface area contributed by atoms with E-state index in [1.807, 2.05) is 42.5 Å². The number of hydrogen-bond donors (Lipinski definition) is 1. The molecule has 2 N–H and O–H groups in total. The van der Waals surface area contributed by atoms with Crippen LogP contribution in [0.5, 0.6) is 5.75 Å². The molecule has 0 aliphatic rings. The normalized spacial score (nSPS) is 10.2. The van der Waals surface area contributed by atoms with Crippen molar-refractivity contribution in [1.82, 2.24) is 4.98 Å². The third kappa shape index (κ3) is 3.54. The predicted octanol–water partition coefficient (Wildman–Crippen LogP) is 2.88. The molecule has 0 aliphatic heterocycles. The molecule has 0 unspecified atom stereocenters. The van der Waals surface area contributed by atoms with Gasteiger partial charge in [0, 0.05) is 11.0 Å². The average Bonchev–Trinajstić information content (AvgIpc) is 2.37. The Kier molecular flexibility index (Phi) is 4.12. The minimum absolute atomic E-state index is 0.449. The Hall–Kier alpha value is -1.39. The summed E-state index contributed by atoms with van der Waals surface area (Å²) >= 11 is 3.40. The fraction of sp³-hybridized carbons (Fsp3) is 0.154. The van der Waals surface area contributed by atoms with Crippen LogP contribution >= 0.6 is 15.9 Å². The smallest absolute Gasteiger partial charge is 0.130 e. The van der Waals surface area contributed by atoms with E-state index in [2.05, 4.69) is 20.9 Å². The molecule has 0 saturated carbocycles. The lowest BCUT2D eigenvalue weighted by atomic mass is 10.3. The molecule has 0 radical (unpaired) electrons. The van der Waals surface area contributed by atoms with Gasteiger partial charge in [0.05, 0.1) is 11.4 Å². The summed E-state index contributed by atoms with van der Waals surface area (Å²) in [7, 11) is 0. The number of rotatable bonds is 4. The van der Waals surface area contributed by atoms with Crippen molar-refractivity contribution >= 4 is 15.9 Å². The van der Waals surface area contributed by atoms with Crippen molar-refractivity contribution < 1.29 is 4.74 Å². The lowest BCUT2D eigenvalue weighted by molar-refractivity contribution is 0.301. The van der Waals surface area contributed by atoms with E-state index in [1.54, 1.807) is 0 Å². The van der Waals surface area contributed by atoms with Gasteiger partial charge in [-0.3, -0.25) is 4.98 Å². The number of hydrogen-bond acceptors (Lipinski definition) is 3. The summed E-state index contributed by atoms with van der Waals surface area (Å²) in [6.07, 6.45) is 0. The Balaban J connectivity index is 2.02. The van der Waals surface area contributed by atoms with Gasteiger partial charge < -0.3 is 10.5 Å². The first kappa shape index (κ1) is 12.1. The van der Waals surface area contributed by atoms with E-state index in [4.69, 9.17) is 10.5 Å². The maximum atomic E-state index is 5.64. The van der Waals surface area contributed by atoms with Crippen LogP contribution in [0.1, 0.15) is 11.4 Å². The topological polar surface area (TPSA) is 48.1 Å². The number of benzene rings is 1. The summed E-state index contributed by atoms with van der Waals surface area (Å²) in [6, 6.07) is 13.5. The molecule has 88 valence electrons. The summed E-state index contributed by atoms with van der Waals surface area (Å²) in [5.41, 5.74) is 7.29. The first-order valence-electron chi connectivity index (χ1n) is 5.31. The molecular weight excluding hydrogens is 280 g/mol. The van der Waals surface area contributed by atoms with E-state index in [9.17, 15) is 0 Å². The summed E-state index contributed by atoms with van der Waals surface area (Å²) in [6.45, 7) is 0.898. The third-order valence-corrected chi connectivity index (χ3v) is 2.75. The lowest BCUT2D eigenvalue weighted by Gasteiger charge is -2.06. The summed E-state index contributed by atoms with van der Waals surface area (Å²) in [5, 5.41) is 0. The molecule has 0 fully saturated rings. The fourth-order valence-corrected chi connectivity index (χ4v) is 1.82. The Morgan fingerprint density at radius 3 is 2.65 bits per heavy atom.